The van der Waals surface area contributed by atoms with Crippen molar-refractivity contribution >= 4 is 39.5 Å². The Kier molecular flexibility index (Phi) is 74.1. The predicted molar refractivity (Wildman–Crippen MR) is 423 cm³/mol. The molecule has 3 unspecified atom stereocenters. The minimum Gasteiger partial charge on any atom is -0.462 e. The van der Waals surface area contributed by atoms with E-state index in [1.807, 2.05) is 0 Å². The lowest BCUT2D eigenvalue weighted by molar-refractivity contribution is -0.161. The molecule has 3 N–H and O–H groups in total. The van der Waals surface area contributed by atoms with E-state index in [1.54, 1.807) is 0 Å². The van der Waals surface area contributed by atoms with Gasteiger partial charge in [-0.3, -0.25) is 37.3 Å². The van der Waals surface area contributed by atoms with Crippen molar-refractivity contribution in [3.63, 3.8) is 0 Å². The smallest absolute Gasteiger partial charge is 0.462 e. The van der Waals surface area contributed by atoms with Gasteiger partial charge < -0.3 is 33.8 Å². The van der Waals surface area contributed by atoms with Crippen LogP contribution in [0.5, 0.6) is 0 Å². The van der Waals surface area contributed by atoms with E-state index < -0.39 is 97.5 Å². The van der Waals surface area contributed by atoms with Crippen molar-refractivity contribution in [2.45, 2.75) is 464 Å². The molecule has 0 aromatic rings. The fraction of sp³-hybridized carbons (Fsp3) is 0.952. The van der Waals surface area contributed by atoms with E-state index in [1.165, 1.54) is 263 Å². The number of phosphoric ester groups is 2. The molecule has 0 saturated heterocycles. The SMILES string of the molecule is CCCCCCCCCCCCCCCCCCCCCCCC(=O)O[C@H](COC(=O)CCCCCCCCCCCCCCCCC(C)CC)COP(=O)(O)OC[C@@H](O)COP(=O)(O)OC[C@@H](COC(=O)CCCCCCCCCCCCC)OC(=O)CCCCCCCCCCCCC(C)C. The molecule has 0 aliphatic carbocycles. The van der Waals surface area contributed by atoms with Crippen molar-refractivity contribution in [3.8, 4) is 0 Å². The van der Waals surface area contributed by atoms with Crippen LogP contribution in [0.3, 0.4) is 0 Å². The number of ether oxygens (including phenoxy) is 4. The molecule has 0 aliphatic heterocycles. The Morgan fingerprint density at radius 1 is 0.282 bits per heavy atom. The van der Waals surface area contributed by atoms with E-state index in [0.717, 1.165) is 102 Å². The van der Waals surface area contributed by atoms with Crippen LogP contribution in [-0.4, -0.2) is 96.7 Å². The van der Waals surface area contributed by atoms with Crippen LogP contribution in [-0.2, 0) is 65.4 Å². The Hall–Kier alpha value is -1.94. The van der Waals surface area contributed by atoms with Gasteiger partial charge in [-0.2, -0.15) is 0 Å². The second kappa shape index (κ2) is 75.5. The summed E-state index contributed by atoms with van der Waals surface area (Å²) in [4.78, 5) is 73.1. The average Bonchev–Trinajstić information content (AvgIpc) is 0.910. The van der Waals surface area contributed by atoms with Gasteiger partial charge in [0.1, 0.15) is 19.3 Å². The number of hydrogen-bond donors (Lipinski definition) is 3. The van der Waals surface area contributed by atoms with E-state index in [9.17, 15) is 43.2 Å². The summed E-state index contributed by atoms with van der Waals surface area (Å²) < 4.78 is 68.8. The summed E-state index contributed by atoms with van der Waals surface area (Å²) in [6.45, 7) is 9.69. The van der Waals surface area contributed by atoms with E-state index in [2.05, 4.69) is 41.5 Å². The van der Waals surface area contributed by atoms with Crippen molar-refractivity contribution in [1.29, 1.82) is 0 Å². The van der Waals surface area contributed by atoms with Gasteiger partial charge in [0, 0.05) is 25.7 Å². The van der Waals surface area contributed by atoms with Crippen molar-refractivity contribution in [2.24, 2.45) is 11.8 Å². The number of unbranched alkanes of at least 4 members (excludes halogenated alkanes) is 52. The normalized spacial score (nSPS) is 14.1. The molecule has 0 bridgehead atoms. The van der Waals surface area contributed by atoms with Crippen LogP contribution in [0.2, 0.25) is 0 Å². The summed E-state index contributed by atoms with van der Waals surface area (Å²) >= 11 is 0. The minimum atomic E-state index is -4.96. The highest BCUT2D eigenvalue weighted by Crippen LogP contribution is 2.45. The van der Waals surface area contributed by atoms with E-state index >= 15 is 0 Å². The highest BCUT2D eigenvalue weighted by Gasteiger charge is 2.30. The number of aliphatic hydroxyl groups excluding tert-OH is 1. The molecule has 17 nitrogen and oxygen atoms in total. The summed E-state index contributed by atoms with van der Waals surface area (Å²) in [5.41, 5.74) is 0. The molecule has 0 fully saturated rings. The van der Waals surface area contributed by atoms with Crippen LogP contribution in [0.15, 0.2) is 0 Å². The van der Waals surface area contributed by atoms with E-state index in [-0.39, 0.29) is 25.7 Å². The summed E-state index contributed by atoms with van der Waals surface area (Å²) in [5, 5.41) is 10.7. The highest BCUT2D eigenvalue weighted by molar-refractivity contribution is 7.47. The molecule has 0 heterocycles. The maximum absolute atomic E-state index is 13.1. The monoisotopic (exact) mass is 1510 g/mol. The number of carbonyl (C=O) groups excluding carboxylic acids is 4. The lowest BCUT2D eigenvalue weighted by Crippen LogP contribution is -2.30. The fourth-order valence-corrected chi connectivity index (χ4v) is 14.6. The van der Waals surface area contributed by atoms with Gasteiger partial charge in [-0.25, -0.2) is 9.13 Å². The van der Waals surface area contributed by atoms with Crippen molar-refractivity contribution in [2.75, 3.05) is 39.6 Å². The predicted octanol–water partition coefficient (Wildman–Crippen LogP) is 25.5. The molecular weight excluding hydrogens is 1340 g/mol. The Morgan fingerprint density at radius 3 is 0.738 bits per heavy atom. The zero-order valence-corrected chi connectivity index (χ0v) is 69.4. The molecular formula is C84H164O17P2. The van der Waals surface area contributed by atoms with Crippen LogP contribution in [0, 0.1) is 11.8 Å². The largest absolute Gasteiger partial charge is 0.472 e. The second-order valence-electron chi connectivity index (χ2n) is 30.9. The topological polar surface area (TPSA) is 237 Å². The molecule has 6 atom stereocenters. The first-order chi connectivity index (χ1) is 49.9. The van der Waals surface area contributed by atoms with Gasteiger partial charge in [-0.15, -0.1) is 0 Å². The zero-order chi connectivity index (χ0) is 75.6. The summed E-state index contributed by atoms with van der Waals surface area (Å²) in [5.74, 6) is -0.503. The van der Waals surface area contributed by atoms with Crippen molar-refractivity contribution in [3.05, 3.63) is 0 Å². The lowest BCUT2D eigenvalue weighted by atomic mass is 9.99. The van der Waals surface area contributed by atoms with Crippen LogP contribution in [0.4, 0.5) is 0 Å². The number of phosphoric acid groups is 2. The molecule has 612 valence electrons. The van der Waals surface area contributed by atoms with Gasteiger partial charge in [0.2, 0.25) is 0 Å². The van der Waals surface area contributed by atoms with E-state index in [4.69, 9.17) is 37.0 Å². The van der Waals surface area contributed by atoms with Gasteiger partial charge in [0.25, 0.3) is 0 Å². The van der Waals surface area contributed by atoms with Gasteiger partial charge in [-0.05, 0) is 37.5 Å². The Bertz CT molecular complexity index is 1980. The van der Waals surface area contributed by atoms with Gasteiger partial charge in [-0.1, -0.05) is 395 Å². The Balaban J connectivity index is 5.23. The standard InChI is InChI=1S/C84H164O17P2/c1-7-10-12-14-16-18-20-21-22-23-24-25-26-27-28-33-37-44-50-56-62-68-83(88)100-79(73-95-82(87)67-61-55-49-43-36-32-30-29-31-35-41-47-53-59-65-77(6)9-3)74-98-102(90,91)96-70-78(85)71-97-103(92,93)99-75-80(72-94-81(86)66-60-54-48-42-34-19-17-15-13-11-8-2)101-84(89)69-63-57-51-45-39-38-40-46-52-58-64-76(4)5/h76-80,85H,7-75H2,1-6H3,(H,90,91)(H,92,93)/t77?,78-,79-,80-/m1/s1. The third-order valence-corrected chi connectivity index (χ3v) is 22.0. The number of hydrogen-bond acceptors (Lipinski definition) is 15. The first kappa shape index (κ1) is 101. The third-order valence-electron chi connectivity index (χ3n) is 20.1. The molecule has 0 saturated carbocycles. The quantitative estimate of drug-likeness (QED) is 0.0222. The number of carbonyl (C=O) groups is 4. The minimum absolute atomic E-state index is 0.106. The fourth-order valence-electron chi connectivity index (χ4n) is 13.0. The first-order valence-electron chi connectivity index (χ1n) is 43.5. The molecule has 0 amide bonds. The molecule has 19 heteroatoms. The average molecular weight is 1510 g/mol. The molecule has 0 rings (SSSR count). The number of rotatable bonds is 83. The maximum atomic E-state index is 13.1. The molecule has 0 radical (unpaired) electrons. The highest BCUT2D eigenvalue weighted by atomic mass is 31.2. The molecule has 0 aliphatic rings. The second-order valence-corrected chi connectivity index (χ2v) is 33.8. The summed E-state index contributed by atoms with van der Waals surface area (Å²) in [7, 11) is -9.92. The van der Waals surface area contributed by atoms with Crippen LogP contribution in [0.25, 0.3) is 0 Å². The van der Waals surface area contributed by atoms with Crippen LogP contribution >= 0.6 is 15.6 Å². The van der Waals surface area contributed by atoms with Crippen molar-refractivity contribution < 1.29 is 80.2 Å². The molecule has 0 aromatic carbocycles. The lowest BCUT2D eigenvalue weighted by Gasteiger charge is -2.21. The summed E-state index contributed by atoms with van der Waals surface area (Å²) in [6, 6.07) is 0. The maximum Gasteiger partial charge on any atom is 0.472 e. The van der Waals surface area contributed by atoms with Gasteiger partial charge >= 0.3 is 39.5 Å². The molecule has 103 heavy (non-hydrogen) atoms. The summed E-state index contributed by atoms with van der Waals surface area (Å²) in [6.07, 6.45) is 66.6. The first-order valence-corrected chi connectivity index (χ1v) is 46.5. The Labute approximate surface area is 632 Å². The third kappa shape index (κ3) is 76.6. The van der Waals surface area contributed by atoms with Crippen molar-refractivity contribution in [1.82, 2.24) is 0 Å². The molecule has 0 spiro atoms. The van der Waals surface area contributed by atoms with Crippen LogP contribution in [0.1, 0.15) is 446 Å². The number of aliphatic hydroxyl groups is 1. The zero-order valence-electron chi connectivity index (χ0n) is 67.6. The van der Waals surface area contributed by atoms with Gasteiger partial charge in [0.15, 0.2) is 12.2 Å². The van der Waals surface area contributed by atoms with Crippen LogP contribution < -0.4 is 0 Å². The van der Waals surface area contributed by atoms with Gasteiger partial charge in [0.05, 0.1) is 26.4 Å². The number of esters is 4. The van der Waals surface area contributed by atoms with E-state index in [0.29, 0.717) is 25.7 Å². The Morgan fingerprint density at radius 2 is 0.495 bits per heavy atom. The molecule has 0 aromatic heterocycles.